The van der Waals surface area contributed by atoms with Gasteiger partial charge in [-0.15, -0.1) is 0 Å². The van der Waals surface area contributed by atoms with Crippen LogP contribution in [0.4, 0.5) is 0 Å². The van der Waals surface area contributed by atoms with Gasteiger partial charge in [0.2, 0.25) is 10.0 Å². The molecule has 10 heteroatoms. The SMILES string of the molecule is CCn1c(SCCOc2ccc(C#N)cc2)nc2cc(S(=O)(=O)N3CCOCC3)ccc21. The molecule has 0 atom stereocenters. The molecule has 2 heterocycles. The number of ether oxygens (including phenoxy) is 2. The fourth-order valence-corrected chi connectivity index (χ4v) is 5.84. The van der Waals surface area contributed by atoms with Crippen LogP contribution in [0.1, 0.15) is 12.5 Å². The first-order valence-electron chi connectivity index (χ1n) is 10.4. The zero-order valence-electron chi connectivity index (χ0n) is 17.7. The van der Waals surface area contributed by atoms with Crippen molar-refractivity contribution in [3.8, 4) is 11.8 Å². The van der Waals surface area contributed by atoms with E-state index in [1.807, 2.05) is 13.0 Å². The van der Waals surface area contributed by atoms with E-state index in [1.165, 1.54) is 4.31 Å². The molecule has 32 heavy (non-hydrogen) atoms. The topological polar surface area (TPSA) is 97.4 Å². The predicted molar refractivity (Wildman–Crippen MR) is 122 cm³/mol. The average molecular weight is 473 g/mol. The largest absolute Gasteiger partial charge is 0.493 e. The van der Waals surface area contributed by atoms with Crippen molar-refractivity contribution in [1.82, 2.24) is 13.9 Å². The summed E-state index contributed by atoms with van der Waals surface area (Å²) in [5.41, 5.74) is 2.17. The maximum absolute atomic E-state index is 13.0. The Hall–Kier alpha value is -2.58. The van der Waals surface area contributed by atoms with E-state index in [-0.39, 0.29) is 4.90 Å². The van der Waals surface area contributed by atoms with Crippen LogP contribution in [0, 0.1) is 11.3 Å². The summed E-state index contributed by atoms with van der Waals surface area (Å²) in [6.07, 6.45) is 0. The lowest BCUT2D eigenvalue weighted by Gasteiger charge is -2.26. The van der Waals surface area contributed by atoms with Crippen molar-refractivity contribution in [2.75, 3.05) is 38.7 Å². The number of imidazole rings is 1. The Kier molecular flexibility index (Phi) is 7.01. The summed E-state index contributed by atoms with van der Waals surface area (Å²) in [4.78, 5) is 4.95. The molecule has 1 aromatic heterocycles. The van der Waals surface area contributed by atoms with Crippen LogP contribution in [0.25, 0.3) is 11.0 Å². The van der Waals surface area contributed by atoms with E-state index in [1.54, 1.807) is 48.2 Å². The van der Waals surface area contributed by atoms with Gasteiger partial charge in [-0.2, -0.15) is 9.57 Å². The Morgan fingerprint density at radius 1 is 1.19 bits per heavy atom. The molecule has 1 fully saturated rings. The van der Waals surface area contributed by atoms with Crippen LogP contribution in [-0.4, -0.2) is 60.9 Å². The number of morpholine rings is 1. The van der Waals surface area contributed by atoms with Gasteiger partial charge in [0, 0.05) is 25.4 Å². The molecule has 168 valence electrons. The van der Waals surface area contributed by atoms with Gasteiger partial charge in [-0.05, 0) is 49.4 Å². The molecule has 0 N–H and O–H groups in total. The van der Waals surface area contributed by atoms with Gasteiger partial charge in [0.25, 0.3) is 0 Å². The molecule has 0 unspecified atom stereocenters. The van der Waals surface area contributed by atoms with E-state index >= 15 is 0 Å². The van der Waals surface area contributed by atoms with Gasteiger partial charge < -0.3 is 14.0 Å². The zero-order valence-corrected chi connectivity index (χ0v) is 19.4. The molecule has 1 aliphatic rings. The first-order valence-corrected chi connectivity index (χ1v) is 12.8. The molecule has 0 amide bonds. The van der Waals surface area contributed by atoms with Crippen molar-refractivity contribution in [3.05, 3.63) is 48.0 Å². The summed E-state index contributed by atoms with van der Waals surface area (Å²) >= 11 is 1.56. The standard InChI is InChI=1S/C22H24N4O4S2/c1-2-26-21-8-7-19(32(27,28)25-9-11-29-12-10-25)15-20(21)24-22(26)31-14-13-30-18-5-3-17(16-23)4-6-18/h3-8,15H,2,9-14H2,1H3. The molecule has 0 saturated carbocycles. The summed E-state index contributed by atoms with van der Waals surface area (Å²) < 4.78 is 40.5. The van der Waals surface area contributed by atoms with Crippen molar-refractivity contribution in [2.45, 2.75) is 23.5 Å². The van der Waals surface area contributed by atoms with Crippen LogP contribution in [-0.2, 0) is 21.3 Å². The molecule has 8 nitrogen and oxygen atoms in total. The third-order valence-electron chi connectivity index (χ3n) is 5.18. The molecule has 1 saturated heterocycles. The molecule has 0 bridgehead atoms. The number of sulfonamides is 1. The minimum Gasteiger partial charge on any atom is -0.493 e. The van der Waals surface area contributed by atoms with Crippen molar-refractivity contribution in [1.29, 1.82) is 5.26 Å². The van der Waals surface area contributed by atoms with Gasteiger partial charge >= 0.3 is 0 Å². The van der Waals surface area contributed by atoms with Gasteiger partial charge in [0.05, 0.1) is 47.4 Å². The molecule has 1 aliphatic heterocycles. The van der Waals surface area contributed by atoms with Crippen molar-refractivity contribution in [3.63, 3.8) is 0 Å². The molecule has 3 aromatic rings. The maximum Gasteiger partial charge on any atom is 0.243 e. The smallest absolute Gasteiger partial charge is 0.243 e. The summed E-state index contributed by atoms with van der Waals surface area (Å²) in [5.74, 6) is 1.40. The number of aromatic nitrogens is 2. The Balaban J connectivity index is 1.46. The predicted octanol–water partition coefficient (Wildman–Crippen LogP) is 3.12. The highest BCUT2D eigenvalue weighted by molar-refractivity contribution is 7.99. The van der Waals surface area contributed by atoms with E-state index in [0.717, 1.165) is 17.2 Å². The van der Waals surface area contributed by atoms with E-state index in [2.05, 4.69) is 10.6 Å². The first kappa shape index (κ1) is 22.6. The number of rotatable bonds is 8. The van der Waals surface area contributed by atoms with Crippen molar-refractivity contribution in [2.24, 2.45) is 0 Å². The fraction of sp³-hybridized carbons (Fsp3) is 0.364. The molecule has 4 rings (SSSR count). The normalized spacial score (nSPS) is 15.0. The van der Waals surface area contributed by atoms with Crippen LogP contribution in [0.2, 0.25) is 0 Å². The number of hydrogen-bond acceptors (Lipinski definition) is 7. The second-order valence-electron chi connectivity index (χ2n) is 7.14. The van der Waals surface area contributed by atoms with E-state index in [4.69, 9.17) is 19.7 Å². The Morgan fingerprint density at radius 3 is 2.62 bits per heavy atom. The van der Waals surface area contributed by atoms with Crippen LogP contribution in [0.3, 0.4) is 0 Å². The van der Waals surface area contributed by atoms with Gasteiger partial charge in [0.15, 0.2) is 5.16 Å². The molecule has 0 spiro atoms. The summed E-state index contributed by atoms with van der Waals surface area (Å²) in [6, 6.07) is 14.2. The lowest BCUT2D eigenvalue weighted by atomic mass is 10.2. The Bertz CT molecular complexity index is 1230. The number of aryl methyl sites for hydroxylation is 1. The van der Waals surface area contributed by atoms with Crippen molar-refractivity contribution < 1.29 is 17.9 Å². The summed E-state index contributed by atoms with van der Waals surface area (Å²) in [7, 11) is -3.56. The Labute approximate surface area is 191 Å². The minimum atomic E-state index is -3.56. The molecular weight excluding hydrogens is 448 g/mol. The molecular formula is C22H24N4O4S2. The lowest BCUT2D eigenvalue weighted by molar-refractivity contribution is 0.0730. The van der Waals surface area contributed by atoms with Gasteiger partial charge in [-0.25, -0.2) is 13.4 Å². The zero-order chi connectivity index (χ0) is 22.6. The first-order chi connectivity index (χ1) is 15.5. The summed E-state index contributed by atoms with van der Waals surface area (Å²) in [6.45, 7) is 4.81. The minimum absolute atomic E-state index is 0.258. The number of thioether (sulfide) groups is 1. The fourth-order valence-electron chi connectivity index (χ4n) is 3.52. The number of benzene rings is 2. The number of fused-ring (bicyclic) bond motifs is 1. The van der Waals surface area contributed by atoms with Crippen LogP contribution in [0.5, 0.6) is 5.75 Å². The monoisotopic (exact) mass is 472 g/mol. The lowest BCUT2D eigenvalue weighted by Crippen LogP contribution is -2.40. The highest BCUT2D eigenvalue weighted by Gasteiger charge is 2.27. The van der Waals surface area contributed by atoms with E-state index in [0.29, 0.717) is 55.5 Å². The summed E-state index contributed by atoms with van der Waals surface area (Å²) in [5, 5.41) is 9.69. The van der Waals surface area contributed by atoms with Crippen molar-refractivity contribution >= 4 is 32.8 Å². The number of hydrogen-bond donors (Lipinski definition) is 0. The van der Waals surface area contributed by atoms with Gasteiger partial charge in [-0.3, -0.25) is 0 Å². The maximum atomic E-state index is 13.0. The average Bonchev–Trinajstić information content (AvgIpc) is 3.19. The second-order valence-corrected chi connectivity index (χ2v) is 10.1. The second kappa shape index (κ2) is 9.92. The third-order valence-corrected chi connectivity index (χ3v) is 8.01. The van der Waals surface area contributed by atoms with E-state index in [9.17, 15) is 8.42 Å². The highest BCUT2D eigenvalue weighted by atomic mass is 32.2. The molecule has 0 aliphatic carbocycles. The van der Waals surface area contributed by atoms with Crippen LogP contribution in [0.15, 0.2) is 52.5 Å². The third kappa shape index (κ3) is 4.76. The van der Waals surface area contributed by atoms with E-state index < -0.39 is 10.0 Å². The van der Waals surface area contributed by atoms with Crippen LogP contribution < -0.4 is 4.74 Å². The van der Waals surface area contributed by atoms with Gasteiger partial charge in [0.1, 0.15) is 5.75 Å². The highest BCUT2D eigenvalue weighted by Crippen LogP contribution is 2.27. The van der Waals surface area contributed by atoms with Gasteiger partial charge in [-0.1, -0.05) is 11.8 Å². The Morgan fingerprint density at radius 2 is 1.94 bits per heavy atom. The van der Waals surface area contributed by atoms with Crippen LogP contribution >= 0.6 is 11.8 Å². The number of nitriles is 1. The quantitative estimate of drug-likeness (QED) is 0.367. The molecule has 0 radical (unpaired) electrons. The molecule has 2 aromatic carbocycles. The number of nitrogens with zero attached hydrogens (tertiary/aromatic N) is 4.